The molecular weight excluding hydrogens is 332 g/mol. The van der Waals surface area contributed by atoms with Crippen molar-refractivity contribution < 1.29 is 14.3 Å². The summed E-state index contributed by atoms with van der Waals surface area (Å²) in [5.41, 5.74) is 1.56. The number of piperidine rings is 1. The molecule has 0 bridgehead atoms. The second kappa shape index (κ2) is 8.68. The number of nitrogens with zero attached hydrogens (tertiary/aromatic N) is 3. The van der Waals surface area contributed by atoms with Crippen molar-refractivity contribution in [2.75, 3.05) is 39.4 Å². The first-order valence-electron chi connectivity index (χ1n) is 9.05. The summed E-state index contributed by atoms with van der Waals surface area (Å²) in [5.74, 6) is 0.210. The Labute approximate surface area is 153 Å². The van der Waals surface area contributed by atoms with Crippen LogP contribution in [0.15, 0.2) is 24.3 Å². The minimum absolute atomic E-state index is 0.00989. The number of amides is 3. The molecule has 7 nitrogen and oxygen atoms in total. The number of carbonyl (C=O) groups excluding carboxylic acids is 2. The van der Waals surface area contributed by atoms with Gasteiger partial charge in [-0.05, 0) is 30.5 Å². The number of likely N-dealkylation sites (tertiary alicyclic amines) is 1. The van der Waals surface area contributed by atoms with Gasteiger partial charge < -0.3 is 19.9 Å². The molecule has 3 amide bonds. The highest BCUT2D eigenvalue weighted by molar-refractivity contribution is 5.80. The molecule has 0 aliphatic carbocycles. The Kier molecular flexibility index (Phi) is 6.08. The third-order valence-electron chi connectivity index (χ3n) is 4.98. The molecule has 2 aliphatic heterocycles. The second-order valence-corrected chi connectivity index (χ2v) is 6.67. The van der Waals surface area contributed by atoms with Gasteiger partial charge in [0.2, 0.25) is 5.91 Å². The summed E-state index contributed by atoms with van der Waals surface area (Å²) in [6, 6.07) is 9.13. The van der Waals surface area contributed by atoms with Crippen LogP contribution in [0.1, 0.15) is 24.0 Å². The Hall–Kier alpha value is -2.59. The van der Waals surface area contributed by atoms with Crippen molar-refractivity contribution >= 4 is 11.9 Å². The molecule has 0 spiro atoms. The highest BCUT2D eigenvalue weighted by Crippen LogP contribution is 2.20. The number of benzene rings is 1. The third kappa shape index (κ3) is 4.52. The minimum Gasteiger partial charge on any atom is -0.378 e. The van der Waals surface area contributed by atoms with E-state index in [-0.39, 0.29) is 17.9 Å². The number of urea groups is 1. The van der Waals surface area contributed by atoms with E-state index in [1.807, 2.05) is 17.0 Å². The van der Waals surface area contributed by atoms with Crippen LogP contribution >= 0.6 is 0 Å². The van der Waals surface area contributed by atoms with E-state index in [2.05, 4.69) is 11.4 Å². The molecule has 3 rings (SSSR count). The fourth-order valence-electron chi connectivity index (χ4n) is 3.36. The van der Waals surface area contributed by atoms with Crippen LogP contribution in [0.2, 0.25) is 0 Å². The summed E-state index contributed by atoms with van der Waals surface area (Å²) in [6.45, 7) is 4.19. The molecule has 2 heterocycles. The molecule has 138 valence electrons. The molecule has 26 heavy (non-hydrogen) atoms. The van der Waals surface area contributed by atoms with Gasteiger partial charge in [0.1, 0.15) is 0 Å². The Morgan fingerprint density at radius 1 is 1.08 bits per heavy atom. The van der Waals surface area contributed by atoms with Crippen molar-refractivity contribution in [1.29, 1.82) is 5.26 Å². The molecule has 0 unspecified atom stereocenters. The Balaban J connectivity index is 1.42. The lowest BCUT2D eigenvalue weighted by Crippen LogP contribution is -2.49. The number of hydrogen-bond acceptors (Lipinski definition) is 4. The standard InChI is InChI=1S/C19H24N4O3/c20-13-15-1-3-16(4-2-15)14-21-19(25)23-7-5-17(6-8-23)18(24)22-9-11-26-12-10-22/h1-4,17H,5-12,14H2,(H,21,25). The van der Waals surface area contributed by atoms with E-state index >= 15 is 0 Å². The average molecular weight is 356 g/mol. The van der Waals surface area contributed by atoms with E-state index in [9.17, 15) is 9.59 Å². The number of nitrogens with one attached hydrogen (secondary N) is 1. The first kappa shape index (κ1) is 18.2. The fourth-order valence-corrected chi connectivity index (χ4v) is 3.36. The lowest BCUT2D eigenvalue weighted by molar-refractivity contribution is -0.141. The quantitative estimate of drug-likeness (QED) is 0.885. The molecule has 2 aliphatic rings. The number of ether oxygens (including phenoxy) is 1. The molecular formula is C19H24N4O3. The second-order valence-electron chi connectivity index (χ2n) is 6.67. The Morgan fingerprint density at radius 2 is 1.73 bits per heavy atom. The largest absolute Gasteiger partial charge is 0.378 e. The molecule has 7 heteroatoms. The zero-order valence-corrected chi connectivity index (χ0v) is 14.8. The first-order chi connectivity index (χ1) is 12.7. The van der Waals surface area contributed by atoms with Crippen LogP contribution in [0.4, 0.5) is 4.79 Å². The van der Waals surface area contributed by atoms with Crippen LogP contribution in [-0.4, -0.2) is 61.1 Å². The molecule has 0 radical (unpaired) electrons. The van der Waals surface area contributed by atoms with Crippen LogP contribution < -0.4 is 5.32 Å². The molecule has 2 fully saturated rings. The molecule has 1 N–H and O–H groups in total. The van der Waals surface area contributed by atoms with E-state index < -0.39 is 0 Å². The summed E-state index contributed by atoms with van der Waals surface area (Å²) in [4.78, 5) is 28.5. The average Bonchev–Trinajstić information content (AvgIpc) is 2.72. The highest BCUT2D eigenvalue weighted by Gasteiger charge is 2.30. The smallest absolute Gasteiger partial charge is 0.317 e. The maximum atomic E-state index is 12.5. The van der Waals surface area contributed by atoms with E-state index in [1.54, 1.807) is 17.0 Å². The van der Waals surface area contributed by atoms with Crippen molar-refractivity contribution in [2.24, 2.45) is 5.92 Å². The zero-order valence-electron chi connectivity index (χ0n) is 14.8. The van der Waals surface area contributed by atoms with Gasteiger partial charge in [0.05, 0.1) is 24.8 Å². The zero-order chi connectivity index (χ0) is 18.4. The number of rotatable bonds is 3. The summed E-state index contributed by atoms with van der Waals surface area (Å²) < 4.78 is 5.29. The minimum atomic E-state index is -0.105. The van der Waals surface area contributed by atoms with Crippen LogP contribution in [0.25, 0.3) is 0 Å². The lowest BCUT2D eigenvalue weighted by atomic mass is 9.95. The van der Waals surface area contributed by atoms with E-state index in [4.69, 9.17) is 10.00 Å². The predicted octanol–water partition coefficient (Wildman–Crippen LogP) is 1.34. The van der Waals surface area contributed by atoms with Gasteiger partial charge in [-0.25, -0.2) is 4.79 Å². The van der Waals surface area contributed by atoms with Crippen molar-refractivity contribution in [1.82, 2.24) is 15.1 Å². The maximum Gasteiger partial charge on any atom is 0.317 e. The van der Waals surface area contributed by atoms with Gasteiger partial charge in [-0.1, -0.05) is 12.1 Å². The Bertz CT molecular complexity index is 669. The van der Waals surface area contributed by atoms with Crippen LogP contribution in [-0.2, 0) is 16.1 Å². The number of hydrogen-bond donors (Lipinski definition) is 1. The maximum absolute atomic E-state index is 12.5. The molecule has 2 saturated heterocycles. The van der Waals surface area contributed by atoms with Gasteiger partial charge in [0.15, 0.2) is 0 Å². The summed E-state index contributed by atoms with van der Waals surface area (Å²) >= 11 is 0. The first-order valence-corrected chi connectivity index (χ1v) is 9.05. The van der Waals surface area contributed by atoms with Gasteiger partial charge in [0.25, 0.3) is 0 Å². The van der Waals surface area contributed by atoms with E-state index in [1.165, 1.54) is 0 Å². The Morgan fingerprint density at radius 3 is 2.35 bits per heavy atom. The van der Waals surface area contributed by atoms with Crippen LogP contribution in [0, 0.1) is 17.2 Å². The number of nitriles is 1. The van der Waals surface area contributed by atoms with Crippen LogP contribution in [0.5, 0.6) is 0 Å². The van der Waals surface area contributed by atoms with Gasteiger partial charge in [-0.15, -0.1) is 0 Å². The summed E-state index contributed by atoms with van der Waals surface area (Å²) in [5, 5.41) is 11.7. The van der Waals surface area contributed by atoms with Crippen molar-refractivity contribution in [2.45, 2.75) is 19.4 Å². The topological polar surface area (TPSA) is 85.7 Å². The normalized spacial score (nSPS) is 18.3. The van der Waals surface area contributed by atoms with Gasteiger partial charge in [-0.2, -0.15) is 5.26 Å². The van der Waals surface area contributed by atoms with E-state index in [0.29, 0.717) is 64.3 Å². The summed E-state index contributed by atoms with van der Waals surface area (Å²) in [7, 11) is 0. The van der Waals surface area contributed by atoms with Crippen molar-refractivity contribution in [3.8, 4) is 6.07 Å². The third-order valence-corrected chi connectivity index (χ3v) is 4.98. The molecule has 0 saturated carbocycles. The van der Waals surface area contributed by atoms with Gasteiger partial charge in [-0.3, -0.25) is 4.79 Å². The number of carbonyl (C=O) groups is 2. The molecule has 0 aromatic heterocycles. The molecule has 0 atom stereocenters. The van der Waals surface area contributed by atoms with E-state index in [0.717, 1.165) is 5.56 Å². The van der Waals surface area contributed by atoms with Gasteiger partial charge in [0, 0.05) is 38.6 Å². The monoisotopic (exact) mass is 356 g/mol. The fraction of sp³-hybridized carbons (Fsp3) is 0.526. The SMILES string of the molecule is N#Cc1ccc(CNC(=O)N2CCC(C(=O)N3CCOCC3)CC2)cc1. The molecule has 1 aromatic rings. The molecule has 1 aromatic carbocycles. The van der Waals surface area contributed by atoms with Crippen LogP contribution in [0.3, 0.4) is 0 Å². The van der Waals surface area contributed by atoms with Crippen molar-refractivity contribution in [3.63, 3.8) is 0 Å². The highest BCUT2D eigenvalue weighted by atomic mass is 16.5. The summed E-state index contributed by atoms with van der Waals surface area (Å²) in [6.07, 6.45) is 1.42. The van der Waals surface area contributed by atoms with Crippen molar-refractivity contribution in [3.05, 3.63) is 35.4 Å². The van der Waals surface area contributed by atoms with Gasteiger partial charge >= 0.3 is 6.03 Å². The lowest BCUT2D eigenvalue weighted by Gasteiger charge is -2.35. The predicted molar refractivity (Wildman–Crippen MR) is 95.1 cm³/mol. The number of morpholine rings is 1.